The van der Waals surface area contributed by atoms with Gasteiger partial charge in [0.2, 0.25) is 0 Å². The molecule has 0 aromatic heterocycles. The SMILES string of the molecule is CCC1CCCC(OC(C(=O)NN)c2ccccc2)C1. The number of hydrogen-bond acceptors (Lipinski definition) is 3. The normalized spacial score (nSPS) is 24.1. The third-order valence-corrected chi connectivity index (χ3v) is 4.12. The van der Waals surface area contributed by atoms with E-state index >= 15 is 0 Å². The van der Waals surface area contributed by atoms with Crippen LogP contribution in [-0.4, -0.2) is 12.0 Å². The molecule has 1 fully saturated rings. The Morgan fingerprint density at radius 2 is 2.15 bits per heavy atom. The fourth-order valence-electron chi connectivity index (χ4n) is 2.92. The van der Waals surface area contributed by atoms with Crippen LogP contribution in [0.4, 0.5) is 0 Å². The van der Waals surface area contributed by atoms with Gasteiger partial charge in [0, 0.05) is 0 Å². The van der Waals surface area contributed by atoms with E-state index in [2.05, 4.69) is 12.3 Å². The van der Waals surface area contributed by atoms with Crippen molar-refractivity contribution in [2.75, 3.05) is 0 Å². The minimum absolute atomic E-state index is 0.149. The minimum Gasteiger partial charge on any atom is -0.360 e. The van der Waals surface area contributed by atoms with Gasteiger partial charge in [0.25, 0.3) is 5.91 Å². The number of ether oxygens (including phenoxy) is 1. The molecule has 1 aliphatic carbocycles. The summed E-state index contributed by atoms with van der Waals surface area (Å²) in [5, 5.41) is 0. The third kappa shape index (κ3) is 3.81. The predicted octanol–water partition coefficient (Wildman–Crippen LogP) is 2.70. The Morgan fingerprint density at radius 3 is 2.80 bits per heavy atom. The second kappa shape index (κ2) is 7.41. The van der Waals surface area contributed by atoms with Crippen LogP contribution in [0.2, 0.25) is 0 Å². The summed E-state index contributed by atoms with van der Waals surface area (Å²) in [5.41, 5.74) is 3.07. The summed E-state index contributed by atoms with van der Waals surface area (Å²) in [4.78, 5) is 12.0. The maximum absolute atomic E-state index is 12.0. The largest absolute Gasteiger partial charge is 0.360 e. The molecular weight excluding hydrogens is 252 g/mol. The highest BCUT2D eigenvalue weighted by molar-refractivity contribution is 5.81. The Labute approximate surface area is 120 Å². The van der Waals surface area contributed by atoms with Crippen LogP contribution in [0.3, 0.4) is 0 Å². The highest BCUT2D eigenvalue weighted by Gasteiger charge is 2.28. The molecule has 0 bridgehead atoms. The predicted molar refractivity (Wildman–Crippen MR) is 78.6 cm³/mol. The van der Waals surface area contributed by atoms with Gasteiger partial charge in [0.05, 0.1) is 6.10 Å². The number of nitrogens with two attached hydrogens (primary N) is 1. The number of amides is 1. The fourth-order valence-corrected chi connectivity index (χ4v) is 2.92. The van der Waals surface area contributed by atoms with Crippen molar-refractivity contribution in [2.24, 2.45) is 11.8 Å². The highest BCUT2D eigenvalue weighted by Crippen LogP contribution is 2.31. The summed E-state index contributed by atoms with van der Waals surface area (Å²) in [6.45, 7) is 2.22. The zero-order chi connectivity index (χ0) is 14.4. The van der Waals surface area contributed by atoms with Gasteiger partial charge >= 0.3 is 0 Å². The fraction of sp³-hybridized carbons (Fsp3) is 0.562. The number of carbonyl (C=O) groups excluding carboxylic acids is 1. The first-order valence-electron chi connectivity index (χ1n) is 7.45. The highest BCUT2D eigenvalue weighted by atomic mass is 16.5. The van der Waals surface area contributed by atoms with E-state index in [0.717, 1.165) is 18.4 Å². The number of hydrazine groups is 1. The quantitative estimate of drug-likeness (QED) is 0.494. The lowest BCUT2D eigenvalue weighted by Crippen LogP contribution is -2.38. The van der Waals surface area contributed by atoms with Gasteiger partial charge in [-0.25, -0.2) is 5.84 Å². The molecule has 1 aromatic carbocycles. The standard InChI is InChI=1S/C16H24N2O2/c1-2-12-7-6-10-14(11-12)20-15(16(19)18-17)13-8-4-3-5-9-13/h3-5,8-9,12,14-15H,2,6-7,10-11,17H2,1H3,(H,18,19). The van der Waals surface area contributed by atoms with Crippen molar-refractivity contribution in [1.82, 2.24) is 5.43 Å². The molecule has 4 heteroatoms. The molecule has 0 heterocycles. The zero-order valence-corrected chi connectivity index (χ0v) is 12.0. The summed E-state index contributed by atoms with van der Waals surface area (Å²) in [5.74, 6) is 5.72. The summed E-state index contributed by atoms with van der Waals surface area (Å²) in [6.07, 6.45) is 5.23. The van der Waals surface area contributed by atoms with Crippen molar-refractivity contribution in [2.45, 2.75) is 51.2 Å². The summed E-state index contributed by atoms with van der Waals surface area (Å²) >= 11 is 0. The van der Waals surface area contributed by atoms with Gasteiger partial charge in [0.1, 0.15) is 0 Å². The summed E-state index contributed by atoms with van der Waals surface area (Å²) < 4.78 is 6.07. The average Bonchev–Trinajstić information content (AvgIpc) is 2.53. The molecule has 0 saturated heterocycles. The van der Waals surface area contributed by atoms with Crippen LogP contribution in [-0.2, 0) is 9.53 Å². The van der Waals surface area contributed by atoms with Crippen LogP contribution in [0, 0.1) is 5.92 Å². The number of rotatable bonds is 5. The molecule has 1 aromatic rings. The van der Waals surface area contributed by atoms with Crippen LogP contribution in [0.1, 0.15) is 50.7 Å². The van der Waals surface area contributed by atoms with E-state index in [1.54, 1.807) is 0 Å². The maximum atomic E-state index is 12.0. The topological polar surface area (TPSA) is 64.3 Å². The molecule has 1 amide bonds. The molecule has 0 spiro atoms. The van der Waals surface area contributed by atoms with E-state index in [0.29, 0.717) is 5.92 Å². The number of carbonyl (C=O) groups is 1. The Balaban J connectivity index is 2.06. The summed E-state index contributed by atoms with van der Waals surface area (Å²) in [6, 6.07) is 9.55. The lowest BCUT2D eigenvalue weighted by Gasteiger charge is -2.31. The second-order valence-electron chi connectivity index (χ2n) is 5.50. The maximum Gasteiger partial charge on any atom is 0.267 e. The zero-order valence-electron chi connectivity index (χ0n) is 12.0. The van der Waals surface area contributed by atoms with Crippen molar-refractivity contribution in [1.29, 1.82) is 0 Å². The molecule has 2 rings (SSSR count). The second-order valence-corrected chi connectivity index (χ2v) is 5.50. The first kappa shape index (κ1) is 15.0. The van der Waals surface area contributed by atoms with Crippen LogP contribution < -0.4 is 11.3 Å². The van der Waals surface area contributed by atoms with E-state index in [4.69, 9.17) is 10.6 Å². The Hall–Kier alpha value is -1.39. The molecule has 1 aliphatic rings. The molecule has 110 valence electrons. The van der Waals surface area contributed by atoms with E-state index in [-0.39, 0.29) is 12.0 Å². The van der Waals surface area contributed by atoms with Gasteiger partial charge in [-0.2, -0.15) is 0 Å². The molecule has 3 atom stereocenters. The third-order valence-electron chi connectivity index (χ3n) is 4.12. The molecule has 4 nitrogen and oxygen atoms in total. The first-order chi connectivity index (χ1) is 9.74. The van der Waals surface area contributed by atoms with Crippen molar-refractivity contribution in [3.05, 3.63) is 35.9 Å². The molecule has 3 N–H and O–H groups in total. The van der Waals surface area contributed by atoms with Crippen molar-refractivity contribution in [3.8, 4) is 0 Å². The lowest BCUT2D eigenvalue weighted by molar-refractivity contribution is -0.139. The van der Waals surface area contributed by atoms with Gasteiger partial charge in [-0.15, -0.1) is 0 Å². The molecule has 20 heavy (non-hydrogen) atoms. The Morgan fingerprint density at radius 1 is 1.40 bits per heavy atom. The first-order valence-corrected chi connectivity index (χ1v) is 7.45. The van der Waals surface area contributed by atoms with Crippen molar-refractivity contribution in [3.63, 3.8) is 0 Å². The van der Waals surface area contributed by atoms with Gasteiger partial charge in [-0.1, -0.05) is 56.5 Å². The Bertz CT molecular complexity index is 422. The molecular formula is C16H24N2O2. The van der Waals surface area contributed by atoms with Gasteiger partial charge in [-0.05, 0) is 24.3 Å². The average molecular weight is 276 g/mol. The number of benzene rings is 1. The van der Waals surface area contributed by atoms with Crippen LogP contribution in [0.5, 0.6) is 0 Å². The van der Waals surface area contributed by atoms with Crippen LogP contribution in [0.15, 0.2) is 30.3 Å². The van der Waals surface area contributed by atoms with Gasteiger partial charge in [-0.3, -0.25) is 10.2 Å². The molecule has 1 saturated carbocycles. The smallest absolute Gasteiger partial charge is 0.267 e. The number of nitrogens with one attached hydrogen (secondary N) is 1. The van der Waals surface area contributed by atoms with Gasteiger partial charge < -0.3 is 4.74 Å². The van der Waals surface area contributed by atoms with E-state index < -0.39 is 6.10 Å². The summed E-state index contributed by atoms with van der Waals surface area (Å²) in [7, 11) is 0. The number of hydrogen-bond donors (Lipinski definition) is 2. The van der Waals surface area contributed by atoms with Crippen molar-refractivity contribution < 1.29 is 9.53 Å². The molecule has 0 aliphatic heterocycles. The van der Waals surface area contributed by atoms with Crippen LogP contribution in [0.25, 0.3) is 0 Å². The van der Waals surface area contributed by atoms with E-state index in [1.165, 1.54) is 19.3 Å². The minimum atomic E-state index is -0.609. The molecule has 3 unspecified atom stereocenters. The van der Waals surface area contributed by atoms with E-state index in [1.807, 2.05) is 30.3 Å². The Kier molecular flexibility index (Phi) is 5.56. The molecule has 0 radical (unpaired) electrons. The van der Waals surface area contributed by atoms with E-state index in [9.17, 15) is 4.79 Å². The van der Waals surface area contributed by atoms with Gasteiger partial charge in [0.15, 0.2) is 6.10 Å². The van der Waals surface area contributed by atoms with Crippen molar-refractivity contribution >= 4 is 5.91 Å². The lowest BCUT2D eigenvalue weighted by atomic mass is 9.85. The van der Waals surface area contributed by atoms with Crippen LogP contribution >= 0.6 is 0 Å². The monoisotopic (exact) mass is 276 g/mol.